The molecule has 1 heterocycles. The third-order valence-electron chi connectivity index (χ3n) is 2.51. The van der Waals surface area contributed by atoms with Crippen LogP contribution in [0.15, 0.2) is 35.4 Å². The number of hydrogen-bond acceptors (Lipinski definition) is 5. The van der Waals surface area contributed by atoms with E-state index < -0.39 is 15.9 Å². The van der Waals surface area contributed by atoms with Crippen LogP contribution in [0.3, 0.4) is 0 Å². The zero-order valence-corrected chi connectivity index (χ0v) is 10.3. The molecule has 1 amide bonds. The highest BCUT2D eigenvalue weighted by molar-refractivity contribution is 7.85. The lowest BCUT2D eigenvalue weighted by molar-refractivity contribution is -0.128. The van der Waals surface area contributed by atoms with Crippen molar-refractivity contribution in [2.75, 3.05) is 12.3 Å². The van der Waals surface area contributed by atoms with E-state index in [-0.39, 0.29) is 18.9 Å². The van der Waals surface area contributed by atoms with E-state index >= 15 is 0 Å². The zero-order valence-electron chi connectivity index (χ0n) is 9.44. The maximum atomic E-state index is 11.6. The van der Waals surface area contributed by atoms with E-state index in [1.54, 1.807) is 0 Å². The number of carbonyl (C=O) groups excluding carboxylic acids is 1. The lowest BCUT2D eigenvalue weighted by Gasteiger charge is -2.12. The van der Waals surface area contributed by atoms with Crippen molar-refractivity contribution < 1.29 is 17.8 Å². The van der Waals surface area contributed by atoms with Crippen LogP contribution < -0.4 is 0 Å². The Labute approximate surface area is 105 Å². The standard InChI is InChI=1S/C11H12N2O4S/c14-11-8-10(9-4-2-1-3-5-9)12-13(11)6-7-18(15,16)17/h1-5H,6-8H2,(H,15,16,17)/p-1. The molecule has 7 heteroatoms. The first-order chi connectivity index (χ1) is 8.46. The molecule has 0 radical (unpaired) electrons. The normalized spacial score (nSPS) is 15.9. The van der Waals surface area contributed by atoms with Crippen molar-refractivity contribution in [1.82, 2.24) is 5.01 Å². The predicted molar refractivity (Wildman–Crippen MR) is 63.9 cm³/mol. The van der Waals surface area contributed by atoms with Gasteiger partial charge >= 0.3 is 0 Å². The number of hydrazone groups is 1. The molecule has 6 nitrogen and oxygen atoms in total. The highest BCUT2D eigenvalue weighted by Gasteiger charge is 2.24. The van der Waals surface area contributed by atoms with Crippen molar-refractivity contribution in [1.29, 1.82) is 0 Å². The summed E-state index contributed by atoms with van der Waals surface area (Å²) in [7, 11) is -4.33. The third kappa shape index (κ3) is 3.14. The average Bonchev–Trinajstić information content (AvgIpc) is 2.68. The van der Waals surface area contributed by atoms with E-state index in [2.05, 4.69) is 5.10 Å². The van der Waals surface area contributed by atoms with Crippen LogP contribution in [-0.4, -0.2) is 41.9 Å². The molecule has 0 unspecified atom stereocenters. The third-order valence-corrected chi connectivity index (χ3v) is 3.19. The molecule has 0 aliphatic carbocycles. The second-order valence-corrected chi connectivity index (χ2v) is 5.39. The first-order valence-corrected chi connectivity index (χ1v) is 6.90. The minimum Gasteiger partial charge on any atom is -0.748 e. The Bertz CT molecular complexity index is 580. The van der Waals surface area contributed by atoms with Crippen LogP contribution in [0.25, 0.3) is 0 Å². The van der Waals surface area contributed by atoms with Crippen molar-refractivity contribution >= 4 is 21.7 Å². The van der Waals surface area contributed by atoms with Crippen molar-refractivity contribution in [3.63, 3.8) is 0 Å². The molecule has 1 aromatic carbocycles. The van der Waals surface area contributed by atoms with Crippen molar-refractivity contribution in [2.45, 2.75) is 6.42 Å². The molecule has 1 aliphatic heterocycles. The summed E-state index contributed by atoms with van der Waals surface area (Å²) in [5, 5.41) is 5.08. The molecule has 0 atom stereocenters. The second kappa shape index (κ2) is 4.87. The van der Waals surface area contributed by atoms with E-state index in [0.717, 1.165) is 10.6 Å². The lowest BCUT2D eigenvalue weighted by atomic mass is 10.1. The number of carbonyl (C=O) groups is 1. The molecular formula is C11H11N2O4S-. The van der Waals surface area contributed by atoms with Crippen LogP contribution in [0.1, 0.15) is 12.0 Å². The minimum atomic E-state index is -4.33. The molecule has 0 aromatic heterocycles. The van der Waals surface area contributed by atoms with Gasteiger partial charge in [-0.05, 0) is 5.56 Å². The fraction of sp³-hybridized carbons (Fsp3) is 0.273. The summed E-state index contributed by atoms with van der Waals surface area (Å²) >= 11 is 0. The van der Waals surface area contributed by atoms with Crippen molar-refractivity contribution in [2.24, 2.45) is 5.10 Å². The molecule has 0 saturated carbocycles. The Morgan fingerprint density at radius 1 is 1.28 bits per heavy atom. The van der Waals surface area contributed by atoms with Gasteiger partial charge in [0.25, 0.3) is 0 Å². The van der Waals surface area contributed by atoms with E-state index in [1.807, 2.05) is 30.3 Å². The van der Waals surface area contributed by atoms with Gasteiger partial charge in [-0.25, -0.2) is 13.4 Å². The molecule has 2 rings (SSSR count). The van der Waals surface area contributed by atoms with Gasteiger partial charge in [-0.3, -0.25) is 4.79 Å². The van der Waals surface area contributed by atoms with Gasteiger partial charge in [-0.2, -0.15) is 5.10 Å². The first-order valence-electron chi connectivity index (χ1n) is 5.32. The van der Waals surface area contributed by atoms with E-state index in [4.69, 9.17) is 0 Å². The number of rotatable bonds is 4. The Hall–Kier alpha value is -1.73. The van der Waals surface area contributed by atoms with Gasteiger partial charge in [0.2, 0.25) is 5.91 Å². The summed E-state index contributed by atoms with van der Waals surface area (Å²) in [5.74, 6) is -0.915. The van der Waals surface area contributed by atoms with Crippen LogP contribution in [0.2, 0.25) is 0 Å². The van der Waals surface area contributed by atoms with Gasteiger partial charge in [0, 0.05) is 0 Å². The van der Waals surface area contributed by atoms with Crippen molar-refractivity contribution in [3.05, 3.63) is 35.9 Å². The summed E-state index contributed by atoms with van der Waals surface area (Å²) in [5.41, 5.74) is 1.40. The Kier molecular flexibility index (Phi) is 3.44. The van der Waals surface area contributed by atoms with Gasteiger partial charge in [0.1, 0.15) is 0 Å². The van der Waals surface area contributed by atoms with Crippen LogP contribution in [0.5, 0.6) is 0 Å². The van der Waals surface area contributed by atoms with E-state index in [1.165, 1.54) is 0 Å². The second-order valence-electron chi connectivity index (χ2n) is 3.87. The maximum absolute atomic E-state index is 11.6. The SMILES string of the molecule is O=C1CC(c2ccccc2)=NN1CCS(=O)(=O)[O-]. The van der Waals surface area contributed by atoms with Gasteiger partial charge < -0.3 is 4.55 Å². The number of hydrogen-bond donors (Lipinski definition) is 0. The minimum absolute atomic E-state index is 0.128. The smallest absolute Gasteiger partial charge is 0.248 e. The predicted octanol–water partition coefficient (Wildman–Crippen LogP) is 0.168. The Morgan fingerprint density at radius 3 is 2.56 bits per heavy atom. The number of amides is 1. The lowest BCUT2D eigenvalue weighted by Crippen LogP contribution is -2.27. The molecule has 0 saturated heterocycles. The summed E-state index contributed by atoms with van der Waals surface area (Å²) in [6.45, 7) is -0.193. The number of nitrogens with zero attached hydrogens (tertiary/aromatic N) is 2. The summed E-state index contributed by atoms with van der Waals surface area (Å²) in [4.78, 5) is 11.6. The van der Waals surface area contributed by atoms with Gasteiger partial charge in [0.05, 0.1) is 34.5 Å². The van der Waals surface area contributed by atoms with Crippen LogP contribution in [0.4, 0.5) is 0 Å². The molecule has 1 aromatic rings. The Balaban J connectivity index is 2.10. The topological polar surface area (TPSA) is 89.9 Å². The monoisotopic (exact) mass is 267 g/mol. The molecule has 18 heavy (non-hydrogen) atoms. The van der Waals surface area contributed by atoms with Crippen LogP contribution in [0, 0.1) is 0 Å². The highest BCUT2D eigenvalue weighted by atomic mass is 32.2. The largest absolute Gasteiger partial charge is 0.748 e. The summed E-state index contributed by atoms with van der Waals surface area (Å²) < 4.78 is 31.5. The van der Waals surface area contributed by atoms with Crippen LogP contribution >= 0.6 is 0 Å². The average molecular weight is 267 g/mol. The van der Waals surface area contributed by atoms with Crippen LogP contribution in [-0.2, 0) is 14.9 Å². The fourth-order valence-corrected chi connectivity index (χ4v) is 2.03. The highest BCUT2D eigenvalue weighted by Crippen LogP contribution is 2.14. The first kappa shape index (κ1) is 12.7. The van der Waals surface area contributed by atoms with Crippen molar-refractivity contribution in [3.8, 4) is 0 Å². The molecular weight excluding hydrogens is 256 g/mol. The quantitative estimate of drug-likeness (QED) is 0.727. The fourth-order valence-electron chi connectivity index (χ4n) is 1.63. The summed E-state index contributed by atoms with van der Waals surface area (Å²) in [6, 6.07) is 9.14. The van der Waals surface area contributed by atoms with Gasteiger partial charge in [0.15, 0.2) is 0 Å². The molecule has 0 fully saturated rings. The number of benzene rings is 1. The van der Waals surface area contributed by atoms with E-state index in [0.29, 0.717) is 5.71 Å². The van der Waals surface area contributed by atoms with E-state index in [9.17, 15) is 17.8 Å². The zero-order chi connectivity index (χ0) is 13.2. The molecule has 0 N–H and O–H groups in total. The molecule has 1 aliphatic rings. The van der Waals surface area contributed by atoms with Gasteiger partial charge in [-0.1, -0.05) is 30.3 Å². The molecule has 0 spiro atoms. The maximum Gasteiger partial charge on any atom is 0.248 e. The van der Waals surface area contributed by atoms with Gasteiger partial charge in [-0.15, -0.1) is 0 Å². The Morgan fingerprint density at radius 2 is 1.94 bits per heavy atom. The summed E-state index contributed by atoms with van der Waals surface area (Å²) in [6.07, 6.45) is 0.128. The molecule has 0 bridgehead atoms. The molecule has 96 valence electrons.